The van der Waals surface area contributed by atoms with Crippen molar-refractivity contribution in [3.05, 3.63) is 42.0 Å². The molecule has 0 spiro atoms. The molecule has 0 saturated carbocycles. The summed E-state index contributed by atoms with van der Waals surface area (Å²) in [5, 5.41) is 8.89. The fourth-order valence-electron chi connectivity index (χ4n) is 1.78. The van der Waals surface area contributed by atoms with Crippen LogP contribution in [0.2, 0.25) is 0 Å². The van der Waals surface area contributed by atoms with Gasteiger partial charge in [0, 0.05) is 12.7 Å². The van der Waals surface area contributed by atoms with Gasteiger partial charge in [-0.15, -0.1) is 0 Å². The monoisotopic (exact) mass is 288 g/mol. The first-order valence-corrected chi connectivity index (χ1v) is 6.89. The molecule has 0 unspecified atom stereocenters. The summed E-state index contributed by atoms with van der Waals surface area (Å²) < 4.78 is 11.2. The first-order chi connectivity index (χ1) is 10.1. The molecule has 0 aliphatic rings. The van der Waals surface area contributed by atoms with E-state index in [1.165, 1.54) is 0 Å². The standard InChI is InChI=1S/C16H20N2O3/c1-11(2)20-16-14(17)7-8-15(18-16)21-13-5-3-12(4-6-13)9-10-19/h3-8,11,19H,9-10,17H2,1-2H3. The summed E-state index contributed by atoms with van der Waals surface area (Å²) in [6, 6.07) is 10.9. The second-order valence-electron chi connectivity index (χ2n) is 4.93. The van der Waals surface area contributed by atoms with E-state index in [1.54, 1.807) is 12.1 Å². The molecule has 2 rings (SSSR count). The summed E-state index contributed by atoms with van der Waals surface area (Å²) >= 11 is 0. The summed E-state index contributed by atoms with van der Waals surface area (Å²) in [4.78, 5) is 4.26. The van der Waals surface area contributed by atoms with Crippen molar-refractivity contribution in [2.24, 2.45) is 0 Å². The molecule has 1 aromatic heterocycles. The van der Waals surface area contributed by atoms with Gasteiger partial charge < -0.3 is 20.3 Å². The van der Waals surface area contributed by atoms with Crippen LogP contribution in [-0.4, -0.2) is 22.8 Å². The minimum absolute atomic E-state index is 0.00665. The molecule has 0 atom stereocenters. The maximum absolute atomic E-state index is 8.89. The lowest BCUT2D eigenvalue weighted by molar-refractivity contribution is 0.232. The van der Waals surface area contributed by atoms with Crippen molar-refractivity contribution < 1.29 is 14.6 Å². The van der Waals surface area contributed by atoms with Crippen molar-refractivity contribution >= 4 is 5.69 Å². The van der Waals surface area contributed by atoms with Gasteiger partial charge >= 0.3 is 0 Å². The zero-order valence-corrected chi connectivity index (χ0v) is 12.2. The molecular formula is C16H20N2O3. The van der Waals surface area contributed by atoms with Crippen LogP contribution in [0, 0.1) is 0 Å². The molecule has 0 aliphatic carbocycles. The Bertz CT molecular complexity index is 583. The molecule has 0 amide bonds. The molecule has 5 nitrogen and oxygen atoms in total. The highest BCUT2D eigenvalue weighted by Gasteiger charge is 2.08. The van der Waals surface area contributed by atoms with E-state index >= 15 is 0 Å². The molecule has 1 heterocycles. The number of pyridine rings is 1. The number of nitrogens with zero attached hydrogens (tertiary/aromatic N) is 1. The predicted octanol–water partition coefficient (Wildman–Crippen LogP) is 2.78. The van der Waals surface area contributed by atoms with E-state index in [0.717, 1.165) is 5.56 Å². The van der Waals surface area contributed by atoms with Crippen molar-refractivity contribution in [1.29, 1.82) is 0 Å². The summed E-state index contributed by atoms with van der Waals surface area (Å²) in [5.41, 5.74) is 7.35. The molecule has 5 heteroatoms. The first-order valence-electron chi connectivity index (χ1n) is 6.89. The Morgan fingerprint density at radius 2 is 1.86 bits per heavy atom. The lowest BCUT2D eigenvalue weighted by atomic mass is 10.1. The third kappa shape index (κ3) is 4.36. The SMILES string of the molecule is CC(C)Oc1nc(Oc2ccc(CCO)cc2)ccc1N. The van der Waals surface area contributed by atoms with Gasteiger partial charge in [-0.25, -0.2) is 0 Å². The Morgan fingerprint density at radius 1 is 1.14 bits per heavy atom. The molecule has 0 fully saturated rings. The van der Waals surface area contributed by atoms with E-state index in [4.69, 9.17) is 20.3 Å². The Labute approximate surface area is 124 Å². The van der Waals surface area contributed by atoms with Crippen LogP contribution in [0.5, 0.6) is 17.5 Å². The van der Waals surface area contributed by atoms with Gasteiger partial charge in [-0.3, -0.25) is 0 Å². The molecule has 0 radical (unpaired) electrons. The van der Waals surface area contributed by atoms with Gasteiger partial charge in [0.2, 0.25) is 11.8 Å². The van der Waals surface area contributed by atoms with Crippen molar-refractivity contribution in [3.8, 4) is 17.5 Å². The van der Waals surface area contributed by atoms with Crippen LogP contribution < -0.4 is 15.2 Å². The molecule has 2 aromatic rings. The highest BCUT2D eigenvalue weighted by Crippen LogP contribution is 2.26. The summed E-state index contributed by atoms with van der Waals surface area (Å²) in [6.45, 7) is 3.96. The summed E-state index contributed by atoms with van der Waals surface area (Å²) in [5.74, 6) is 1.47. The van der Waals surface area contributed by atoms with Gasteiger partial charge in [-0.1, -0.05) is 12.1 Å². The number of nitrogens with two attached hydrogens (primary N) is 1. The van der Waals surface area contributed by atoms with E-state index in [1.807, 2.05) is 38.1 Å². The Hall–Kier alpha value is -2.27. The number of hydrogen-bond acceptors (Lipinski definition) is 5. The normalized spacial score (nSPS) is 10.7. The first kappa shape index (κ1) is 15.1. The van der Waals surface area contributed by atoms with Crippen LogP contribution in [0.25, 0.3) is 0 Å². The van der Waals surface area contributed by atoms with Crippen molar-refractivity contribution in [2.75, 3.05) is 12.3 Å². The van der Waals surface area contributed by atoms with Crippen LogP contribution >= 0.6 is 0 Å². The number of nitrogen functional groups attached to an aromatic ring is 1. The number of aliphatic hydroxyl groups is 1. The van der Waals surface area contributed by atoms with E-state index in [0.29, 0.717) is 29.6 Å². The van der Waals surface area contributed by atoms with E-state index < -0.39 is 0 Å². The molecule has 0 bridgehead atoms. The van der Waals surface area contributed by atoms with E-state index in [9.17, 15) is 0 Å². The van der Waals surface area contributed by atoms with Crippen LogP contribution in [0.4, 0.5) is 5.69 Å². The summed E-state index contributed by atoms with van der Waals surface area (Å²) in [6.07, 6.45) is 0.625. The third-order valence-electron chi connectivity index (χ3n) is 2.76. The zero-order chi connectivity index (χ0) is 15.2. The number of anilines is 1. The fourth-order valence-corrected chi connectivity index (χ4v) is 1.78. The van der Waals surface area contributed by atoms with Crippen molar-refractivity contribution in [2.45, 2.75) is 26.4 Å². The Kier molecular flexibility index (Phi) is 5.00. The van der Waals surface area contributed by atoms with Gasteiger partial charge in [0.25, 0.3) is 0 Å². The molecule has 0 saturated heterocycles. The van der Waals surface area contributed by atoms with Crippen LogP contribution in [0.3, 0.4) is 0 Å². The lowest BCUT2D eigenvalue weighted by Gasteiger charge is -2.12. The number of aliphatic hydroxyl groups excluding tert-OH is 1. The number of aromatic nitrogens is 1. The molecule has 0 aliphatic heterocycles. The number of hydrogen-bond donors (Lipinski definition) is 2. The quantitative estimate of drug-likeness (QED) is 0.854. The molecule has 112 valence electrons. The van der Waals surface area contributed by atoms with Crippen LogP contribution in [0.15, 0.2) is 36.4 Å². The third-order valence-corrected chi connectivity index (χ3v) is 2.76. The second kappa shape index (κ2) is 6.95. The largest absolute Gasteiger partial charge is 0.473 e. The maximum Gasteiger partial charge on any atom is 0.240 e. The molecule has 21 heavy (non-hydrogen) atoms. The smallest absolute Gasteiger partial charge is 0.240 e. The topological polar surface area (TPSA) is 77.6 Å². The Balaban J connectivity index is 2.11. The molecule has 3 N–H and O–H groups in total. The van der Waals surface area contributed by atoms with E-state index in [2.05, 4.69) is 4.98 Å². The number of rotatable bonds is 6. The van der Waals surface area contributed by atoms with Gasteiger partial charge in [0.1, 0.15) is 5.75 Å². The van der Waals surface area contributed by atoms with Gasteiger partial charge in [-0.05, 0) is 44.0 Å². The highest BCUT2D eigenvalue weighted by atomic mass is 16.5. The fraction of sp³-hybridized carbons (Fsp3) is 0.312. The zero-order valence-electron chi connectivity index (χ0n) is 12.2. The highest BCUT2D eigenvalue weighted by molar-refractivity contribution is 5.49. The average Bonchev–Trinajstić information content (AvgIpc) is 2.44. The molecule has 1 aromatic carbocycles. The van der Waals surface area contributed by atoms with Crippen LogP contribution in [-0.2, 0) is 6.42 Å². The maximum atomic E-state index is 8.89. The Morgan fingerprint density at radius 3 is 2.48 bits per heavy atom. The van der Waals surface area contributed by atoms with Crippen molar-refractivity contribution in [3.63, 3.8) is 0 Å². The number of benzene rings is 1. The minimum atomic E-state index is -0.00665. The van der Waals surface area contributed by atoms with Crippen LogP contribution in [0.1, 0.15) is 19.4 Å². The summed E-state index contributed by atoms with van der Waals surface area (Å²) in [7, 11) is 0. The average molecular weight is 288 g/mol. The van der Waals surface area contributed by atoms with Gasteiger partial charge in [-0.2, -0.15) is 4.98 Å². The minimum Gasteiger partial charge on any atom is -0.473 e. The van der Waals surface area contributed by atoms with Crippen molar-refractivity contribution in [1.82, 2.24) is 4.98 Å². The van der Waals surface area contributed by atoms with E-state index in [-0.39, 0.29) is 12.7 Å². The second-order valence-corrected chi connectivity index (χ2v) is 4.93. The van der Waals surface area contributed by atoms with Gasteiger partial charge in [0.05, 0.1) is 11.8 Å². The van der Waals surface area contributed by atoms with Gasteiger partial charge in [0.15, 0.2) is 0 Å². The number of ether oxygens (including phenoxy) is 2. The molecular weight excluding hydrogens is 268 g/mol. The lowest BCUT2D eigenvalue weighted by Crippen LogP contribution is -2.09. The predicted molar refractivity (Wildman–Crippen MR) is 81.7 cm³/mol.